The Labute approximate surface area is 476 Å². The van der Waals surface area contributed by atoms with E-state index in [9.17, 15) is 105 Å². The van der Waals surface area contributed by atoms with Crippen molar-refractivity contribution in [1.29, 1.82) is 0 Å². The first-order valence-corrected chi connectivity index (χ1v) is 28.0. The molecule has 1 aromatic rings. The number of hydrogen-bond acceptors (Lipinski definition) is 26. The molecule has 0 radical (unpaired) electrons. The van der Waals surface area contributed by atoms with Crippen LogP contribution in [0.2, 0.25) is 0 Å². The SMILES string of the molecule is COC(=O)[C@@H](CCC(=O)N[C@@H](CCCCNC(=O)C(F)(F)F)C(=O)N[C@H](C)C(=O)O[C@H](C)C(=O)O)NC(=O)[C@H](C)NC(=O)[C@@H](C)OO[C@H]1[C@H](O)[C@@H](CO)O[C@H](OP(=O)(O)OP(=O)(O)OC[C@H]2O[C@@H](n3ccc(=O)[nH]c3=O)[C@H](O)[C@@H]2O)[C@@H]1NC(C)=O. The molecular formula is C43H65F3N8O29P2. The number of alkyl halides is 3. The predicted octanol–water partition coefficient (Wildman–Crippen LogP) is -5.51. The second kappa shape index (κ2) is 32.4. The van der Waals surface area contributed by atoms with Crippen LogP contribution in [-0.4, -0.2) is 217 Å². The fourth-order valence-electron chi connectivity index (χ4n) is 7.42. The van der Waals surface area contributed by atoms with Crippen molar-refractivity contribution in [2.24, 2.45) is 0 Å². The number of amides is 6. The summed E-state index contributed by atoms with van der Waals surface area (Å²) in [6, 6.07) is -7.38. The third kappa shape index (κ3) is 22.8. The number of carbonyl (C=O) groups is 9. The zero-order chi connectivity index (χ0) is 64.5. The number of ether oxygens (including phenoxy) is 4. The van der Waals surface area contributed by atoms with Gasteiger partial charge in [-0.3, -0.25) is 52.2 Å². The van der Waals surface area contributed by atoms with Gasteiger partial charge < -0.3 is 86.2 Å². The number of aliphatic hydroxyl groups is 4. The van der Waals surface area contributed by atoms with Crippen molar-refractivity contribution in [2.45, 2.75) is 164 Å². The van der Waals surface area contributed by atoms with Crippen LogP contribution in [0.25, 0.3) is 0 Å². The lowest BCUT2D eigenvalue weighted by atomic mass is 9.97. The van der Waals surface area contributed by atoms with E-state index in [1.165, 1.54) is 0 Å². The molecule has 2 aliphatic heterocycles. The number of carboxylic acids is 1. The van der Waals surface area contributed by atoms with Crippen LogP contribution < -0.4 is 43.1 Å². The number of rotatable bonds is 32. The molecule has 3 heterocycles. The van der Waals surface area contributed by atoms with Crippen molar-refractivity contribution < 1.29 is 143 Å². The molecule has 0 saturated carbocycles. The molecule has 2 saturated heterocycles. The first-order valence-electron chi connectivity index (χ1n) is 25.0. The number of hydrogen-bond donors (Lipinski definition) is 14. The minimum absolute atomic E-state index is 0.111. The quantitative estimate of drug-likeness (QED) is 0.0105. The van der Waals surface area contributed by atoms with Crippen LogP contribution in [0.15, 0.2) is 21.9 Å². The van der Waals surface area contributed by atoms with Crippen molar-refractivity contribution >= 4 is 69.0 Å². The van der Waals surface area contributed by atoms with Crippen molar-refractivity contribution in [1.82, 2.24) is 41.5 Å². The average molecular weight is 1280 g/mol. The summed E-state index contributed by atoms with van der Waals surface area (Å²) in [5.41, 5.74) is -1.91. The summed E-state index contributed by atoms with van der Waals surface area (Å²) >= 11 is 0. The summed E-state index contributed by atoms with van der Waals surface area (Å²) in [4.78, 5) is 169. The van der Waals surface area contributed by atoms with E-state index in [1.54, 1.807) is 5.32 Å². The van der Waals surface area contributed by atoms with Crippen molar-refractivity contribution in [3.05, 3.63) is 33.1 Å². The first kappa shape index (κ1) is 72.9. The Balaban J connectivity index is 1.65. The van der Waals surface area contributed by atoms with Gasteiger partial charge in [-0.2, -0.15) is 17.5 Å². The summed E-state index contributed by atoms with van der Waals surface area (Å²) in [5.74, 6) is -11.4. The van der Waals surface area contributed by atoms with E-state index in [4.69, 9.17) is 38.4 Å². The third-order valence-electron chi connectivity index (χ3n) is 11.9. The first-order chi connectivity index (χ1) is 39.4. The molecule has 17 atom stereocenters. The van der Waals surface area contributed by atoms with Gasteiger partial charge >= 0.3 is 51.3 Å². The number of aliphatic carboxylic acids is 1. The van der Waals surface area contributed by atoms with Gasteiger partial charge in [0.05, 0.1) is 20.3 Å². The van der Waals surface area contributed by atoms with Gasteiger partial charge in [-0.25, -0.2) is 38.1 Å². The number of phosphoric acid groups is 2. The smallest absolute Gasteiger partial charge is 0.479 e. The van der Waals surface area contributed by atoms with E-state index in [2.05, 4.69) is 35.4 Å². The Hall–Kier alpha value is -6.36. The van der Waals surface area contributed by atoms with E-state index in [0.29, 0.717) is 4.57 Å². The average Bonchev–Trinajstić information content (AvgIpc) is 2.37. The van der Waals surface area contributed by atoms with Gasteiger partial charge in [0.2, 0.25) is 23.6 Å². The van der Waals surface area contributed by atoms with Gasteiger partial charge in [0.15, 0.2) is 24.7 Å². The van der Waals surface area contributed by atoms with Crippen LogP contribution in [0.3, 0.4) is 0 Å². The molecule has 3 rings (SSSR count). The Kier molecular flexibility index (Phi) is 27.8. The fourth-order valence-corrected chi connectivity index (χ4v) is 9.58. The van der Waals surface area contributed by atoms with Crippen LogP contribution in [0.4, 0.5) is 13.2 Å². The zero-order valence-corrected chi connectivity index (χ0v) is 47.3. The molecular weight excluding hydrogens is 1210 g/mol. The number of methoxy groups -OCH3 is 1. The number of nitrogens with zero attached hydrogens (tertiary/aromatic N) is 1. The second-order valence-corrected chi connectivity index (χ2v) is 21.6. The molecule has 42 heteroatoms. The summed E-state index contributed by atoms with van der Waals surface area (Å²) in [6.45, 7) is 2.30. The van der Waals surface area contributed by atoms with E-state index in [1.807, 2.05) is 4.98 Å². The number of unbranched alkanes of at least 4 members (excludes halogenated alkanes) is 1. The highest BCUT2D eigenvalue weighted by atomic mass is 31.3. The number of carbonyl (C=O) groups excluding carboxylic acids is 8. The minimum Gasteiger partial charge on any atom is -0.479 e. The van der Waals surface area contributed by atoms with Gasteiger partial charge in [-0.05, 0) is 53.4 Å². The summed E-state index contributed by atoms with van der Waals surface area (Å²) < 4.78 is 98.5. The van der Waals surface area contributed by atoms with Crippen molar-refractivity contribution in [3.63, 3.8) is 0 Å². The lowest BCUT2D eigenvalue weighted by Crippen LogP contribution is -2.65. The fraction of sp³-hybridized carbons (Fsp3) is 0.698. The Bertz CT molecular complexity index is 2760. The van der Waals surface area contributed by atoms with Gasteiger partial charge in [-0.1, -0.05) is 0 Å². The highest BCUT2D eigenvalue weighted by Crippen LogP contribution is 2.61. The Morgan fingerprint density at radius 3 is 2.04 bits per heavy atom. The van der Waals surface area contributed by atoms with Gasteiger partial charge in [0.1, 0.15) is 66.8 Å². The molecule has 0 bridgehead atoms. The molecule has 1 aromatic heterocycles. The third-order valence-corrected chi connectivity index (χ3v) is 14.5. The molecule has 0 spiro atoms. The highest BCUT2D eigenvalue weighted by molar-refractivity contribution is 7.61. The Morgan fingerprint density at radius 2 is 1.45 bits per heavy atom. The lowest BCUT2D eigenvalue weighted by Gasteiger charge is -2.43. The van der Waals surface area contributed by atoms with Crippen molar-refractivity contribution in [2.75, 3.05) is 26.9 Å². The number of aromatic amines is 1. The molecule has 37 nitrogen and oxygen atoms in total. The topological polar surface area (TPSA) is 539 Å². The number of phosphoric ester groups is 2. The number of aliphatic hydroxyl groups excluding tert-OH is 4. The lowest BCUT2D eigenvalue weighted by molar-refractivity contribution is -0.385. The number of esters is 2. The van der Waals surface area contributed by atoms with Crippen LogP contribution >= 0.6 is 15.6 Å². The molecule has 85 heavy (non-hydrogen) atoms. The monoisotopic (exact) mass is 1280 g/mol. The molecule has 2 fully saturated rings. The summed E-state index contributed by atoms with van der Waals surface area (Å²) in [6.07, 6.45) is -25.1. The number of halogens is 3. The molecule has 6 amide bonds. The van der Waals surface area contributed by atoms with Gasteiger partial charge in [0.25, 0.3) is 11.5 Å². The standard InChI is InChI=1S/C43H65F3N8O29P2/c1-17(33(62)52-23(39(68)75-6)10-11-26(57)51-22(9-7-8-13-47-41(69)43(44,45)46)35(64)49-18(2)38(67)77-20(4)37(65)66)48-34(63)19(3)80-81-32-28(50-21(5)56)40(79-24(15-55)30(32)60)82-85(73,74)83-84(71,72)76-16-25-29(59)31(61)36(78-25)54-14-12-27(58)53-42(54)70/h12,14,17-20,22-25,28-32,36,40,55,59-61H,7-11,13,15-16H2,1-6H3,(H,47,69)(H,48,63)(H,49,64)(H,50,56)(H,51,57)(H,52,62)(H,65,66)(H,71,72)(H,73,74)(H,53,58,70)/t17-,18+,19+,20+,22-,23+,24+,25+,28+,29+,30+,31+,32+,36+,40+/m0/s1. The van der Waals surface area contributed by atoms with E-state index in [-0.39, 0.29) is 19.3 Å². The zero-order valence-electron chi connectivity index (χ0n) is 45.6. The molecule has 0 aliphatic carbocycles. The van der Waals surface area contributed by atoms with Crippen molar-refractivity contribution in [3.8, 4) is 0 Å². The van der Waals surface area contributed by atoms with Crippen LogP contribution in [-0.2, 0) is 94.4 Å². The van der Waals surface area contributed by atoms with E-state index < -0.39 is 211 Å². The Morgan fingerprint density at radius 1 is 0.800 bits per heavy atom. The minimum atomic E-state index is -5.98. The maximum absolute atomic E-state index is 13.3. The van der Waals surface area contributed by atoms with Crippen LogP contribution in [0, 0.1) is 0 Å². The predicted molar refractivity (Wildman–Crippen MR) is 266 cm³/mol. The van der Waals surface area contributed by atoms with Gasteiger partial charge in [-0.15, -0.1) is 0 Å². The molecule has 2 aliphatic rings. The van der Waals surface area contributed by atoms with E-state index >= 15 is 0 Å². The maximum atomic E-state index is 13.3. The van der Waals surface area contributed by atoms with Crippen LogP contribution in [0.5, 0.6) is 0 Å². The number of aromatic nitrogens is 2. The maximum Gasteiger partial charge on any atom is 0.483 e. The number of carboxylic acid groups (broad SMARTS) is 1. The van der Waals surface area contributed by atoms with Gasteiger partial charge in [0, 0.05) is 32.2 Å². The molecule has 2 unspecified atom stereocenters. The largest absolute Gasteiger partial charge is 0.483 e. The van der Waals surface area contributed by atoms with E-state index in [0.717, 1.165) is 54.0 Å². The second-order valence-electron chi connectivity index (χ2n) is 18.6. The number of H-pyrrole nitrogens is 1. The molecule has 482 valence electrons. The molecule has 14 N–H and O–H groups in total. The normalized spacial score (nSPS) is 24.9. The van der Waals surface area contributed by atoms with Crippen LogP contribution in [0.1, 0.15) is 73.0 Å². The molecule has 0 aromatic carbocycles. The summed E-state index contributed by atoms with van der Waals surface area (Å²) in [5, 5.41) is 63.6. The highest BCUT2D eigenvalue weighted by Gasteiger charge is 2.52. The summed E-state index contributed by atoms with van der Waals surface area (Å²) in [7, 11) is -10.9. The number of nitrogens with one attached hydrogen (secondary N) is 7.